The number of amides is 2. The van der Waals surface area contributed by atoms with Crippen molar-refractivity contribution >= 4 is 17.6 Å². The third-order valence-electron chi connectivity index (χ3n) is 3.33. The molecule has 6 heteroatoms. The topological polar surface area (TPSA) is 59.6 Å². The Balaban J connectivity index is 1.68. The summed E-state index contributed by atoms with van der Waals surface area (Å²) in [7, 11) is 1.60. The lowest BCUT2D eigenvalue weighted by Crippen LogP contribution is -2.37. The highest BCUT2D eigenvalue weighted by Crippen LogP contribution is 2.27. The van der Waals surface area contributed by atoms with E-state index in [9.17, 15) is 4.79 Å². The minimum Gasteiger partial charge on any atom is -0.493 e. The Morgan fingerprint density at radius 2 is 1.83 bits per heavy atom. The van der Waals surface area contributed by atoms with Crippen molar-refractivity contribution in [1.29, 1.82) is 0 Å². The number of aryl methyl sites for hydroxylation is 1. The van der Waals surface area contributed by atoms with Gasteiger partial charge < -0.3 is 20.1 Å². The van der Waals surface area contributed by atoms with Gasteiger partial charge in [-0.15, -0.1) is 0 Å². The second-order valence-corrected chi connectivity index (χ2v) is 5.68. The first-order valence-electron chi connectivity index (χ1n) is 7.62. The summed E-state index contributed by atoms with van der Waals surface area (Å²) in [6.07, 6.45) is 0. The molecule has 0 radical (unpaired) electrons. The van der Waals surface area contributed by atoms with Gasteiger partial charge in [0.05, 0.1) is 13.7 Å². The van der Waals surface area contributed by atoms with Crippen LogP contribution in [0, 0.1) is 6.92 Å². The molecule has 0 heterocycles. The van der Waals surface area contributed by atoms with Crippen LogP contribution in [0.2, 0.25) is 5.02 Å². The number of halogens is 1. The van der Waals surface area contributed by atoms with Crippen LogP contribution < -0.4 is 20.1 Å². The number of benzene rings is 2. The zero-order valence-corrected chi connectivity index (χ0v) is 14.5. The predicted octanol–water partition coefficient (Wildman–Crippen LogP) is 3.54. The number of carbonyl (C=O) groups is 1. The quantitative estimate of drug-likeness (QED) is 0.752. The van der Waals surface area contributed by atoms with Crippen molar-refractivity contribution in [2.75, 3.05) is 20.3 Å². The van der Waals surface area contributed by atoms with Crippen LogP contribution in [-0.2, 0) is 6.54 Å². The first-order valence-corrected chi connectivity index (χ1v) is 8.00. The van der Waals surface area contributed by atoms with E-state index in [-0.39, 0.29) is 6.03 Å². The molecule has 128 valence electrons. The number of hydrogen-bond donors (Lipinski definition) is 2. The van der Waals surface area contributed by atoms with Gasteiger partial charge >= 0.3 is 6.03 Å². The van der Waals surface area contributed by atoms with Gasteiger partial charge in [-0.2, -0.15) is 0 Å². The molecule has 0 aliphatic heterocycles. The summed E-state index contributed by atoms with van der Waals surface area (Å²) in [6, 6.07) is 12.8. The number of carbonyl (C=O) groups excluding carboxylic acids is 1. The number of hydrogen-bond acceptors (Lipinski definition) is 3. The minimum absolute atomic E-state index is 0.246. The van der Waals surface area contributed by atoms with Crippen molar-refractivity contribution in [3.8, 4) is 11.5 Å². The Morgan fingerprint density at radius 1 is 1.08 bits per heavy atom. The van der Waals surface area contributed by atoms with E-state index in [4.69, 9.17) is 21.1 Å². The van der Waals surface area contributed by atoms with Crippen molar-refractivity contribution in [2.45, 2.75) is 13.5 Å². The smallest absolute Gasteiger partial charge is 0.315 e. The first kappa shape index (κ1) is 17.9. The fourth-order valence-electron chi connectivity index (χ4n) is 2.07. The molecule has 0 saturated carbocycles. The van der Waals surface area contributed by atoms with E-state index in [1.165, 1.54) is 0 Å². The molecule has 0 spiro atoms. The van der Waals surface area contributed by atoms with Gasteiger partial charge in [0, 0.05) is 11.6 Å². The highest BCUT2D eigenvalue weighted by Gasteiger charge is 2.05. The second kappa shape index (κ2) is 9.03. The van der Waals surface area contributed by atoms with Crippen LogP contribution in [0.3, 0.4) is 0 Å². The largest absolute Gasteiger partial charge is 0.493 e. The summed E-state index contributed by atoms with van der Waals surface area (Å²) in [5, 5.41) is 6.19. The van der Waals surface area contributed by atoms with Gasteiger partial charge in [0.1, 0.15) is 6.61 Å². The average molecular weight is 349 g/mol. The number of methoxy groups -OCH3 is 1. The molecule has 0 aliphatic rings. The zero-order valence-electron chi connectivity index (χ0n) is 13.8. The SMILES string of the molecule is COc1cc(C)ccc1OCCNC(=O)NCc1ccc(Cl)cc1. The van der Waals surface area contributed by atoms with Crippen LogP contribution in [0.15, 0.2) is 42.5 Å². The fourth-order valence-corrected chi connectivity index (χ4v) is 2.19. The van der Waals surface area contributed by atoms with Crippen LogP contribution in [0.1, 0.15) is 11.1 Å². The molecule has 0 saturated heterocycles. The third-order valence-corrected chi connectivity index (χ3v) is 3.58. The summed E-state index contributed by atoms with van der Waals surface area (Å²) < 4.78 is 10.9. The van der Waals surface area contributed by atoms with Crippen LogP contribution in [0.4, 0.5) is 4.79 Å². The Hall–Kier alpha value is -2.40. The van der Waals surface area contributed by atoms with E-state index in [2.05, 4.69) is 10.6 Å². The van der Waals surface area contributed by atoms with Crippen LogP contribution in [-0.4, -0.2) is 26.3 Å². The van der Waals surface area contributed by atoms with Gasteiger partial charge in [-0.1, -0.05) is 29.8 Å². The first-order chi connectivity index (χ1) is 11.6. The van der Waals surface area contributed by atoms with Gasteiger partial charge in [-0.3, -0.25) is 0 Å². The van der Waals surface area contributed by atoms with Crippen LogP contribution in [0.5, 0.6) is 11.5 Å². The molecule has 5 nitrogen and oxygen atoms in total. The summed E-state index contributed by atoms with van der Waals surface area (Å²) in [6.45, 7) is 3.17. The molecular weight excluding hydrogens is 328 g/mol. The number of nitrogens with one attached hydrogen (secondary N) is 2. The van der Waals surface area contributed by atoms with Gasteiger partial charge in [0.25, 0.3) is 0 Å². The maximum Gasteiger partial charge on any atom is 0.315 e. The van der Waals surface area contributed by atoms with Crippen molar-refractivity contribution in [3.05, 3.63) is 58.6 Å². The van der Waals surface area contributed by atoms with Crippen LogP contribution >= 0.6 is 11.6 Å². The van der Waals surface area contributed by atoms with E-state index in [0.717, 1.165) is 11.1 Å². The molecule has 2 N–H and O–H groups in total. The molecular formula is C18H21ClN2O3. The van der Waals surface area contributed by atoms with E-state index in [0.29, 0.717) is 36.2 Å². The van der Waals surface area contributed by atoms with E-state index < -0.39 is 0 Å². The molecule has 0 unspecified atom stereocenters. The lowest BCUT2D eigenvalue weighted by Gasteiger charge is -2.12. The number of ether oxygens (including phenoxy) is 2. The predicted molar refractivity (Wildman–Crippen MR) is 94.9 cm³/mol. The lowest BCUT2D eigenvalue weighted by atomic mass is 10.2. The molecule has 2 aromatic carbocycles. The van der Waals surface area contributed by atoms with E-state index >= 15 is 0 Å². The van der Waals surface area contributed by atoms with Crippen molar-refractivity contribution < 1.29 is 14.3 Å². The van der Waals surface area contributed by atoms with Crippen molar-refractivity contribution in [3.63, 3.8) is 0 Å². The Kier molecular flexibility index (Phi) is 6.75. The maximum absolute atomic E-state index is 11.7. The molecule has 0 bridgehead atoms. The van der Waals surface area contributed by atoms with Crippen molar-refractivity contribution in [2.24, 2.45) is 0 Å². The lowest BCUT2D eigenvalue weighted by molar-refractivity contribution is 0.235. The number of urea groups is 1. The third kappa shape index (κ3) is 5.66. The van der Waals surface area contributed by atoms with Gasteiger partial charge in [0.15, 0.2) is 11.5 Å². The standard InChI is InChI=1S/C18H21ClN2O3/c1-13-3-8-16(17(11-13)23-2)24-10-9-20-18(22)21-12-14-4-6-15(19)7-5-14/h3-8,11H,9-10,12H2,1-2H3,(H2,20,21,22). The highest BCUT2D eigenvalue weighted by molar-refractivity contribution is 6.30. The van der Waals surface area contributed by atoms with E-state index in [1.807, 2.05) is 37.3 Å². The normalized spacial score (nSPS) is 10.1. The van der Waals surface area contributed by atoms with Crippen LogP contribution in [0.25, 0.3) is 0 Å². The maximum atomic E-state index is 11.7. The van der Waals surface area contributed by atoms with Crippen molar-refractivity contribution in [1.82, 2.24) is 10.6 Å². The molecule has 0 fully saturated rings. The van der Waals surface area contributed by atoms with Gasteiger partial charge in [-0.25, -0.2) is 4.79 Å². The molecule has 0 atom stereocenters. The Morgan fingerprint density at radius 3 is 2.54 bits per heavy atom. The Bertz CT molecular complexity index is 674. The second-order valence-electron chi connectivity index (χ2n) is 5.24. The Labute approximate surface area is 146 Å². The monoisotopic (exact) mass is 348 g/mol. The summed E-state index contributed by atoms with van der Waals surface area (Å²) in [5.74, 6) is 1.34. The molecule has 0 aromatic heterocycles. The van der Waals surface area contributed by atoms with Gasteiger partial charge in [0.2, 0.25) is 0 Å². The summed E-state index contributed by atoms with van der Waals surface area (Å²) >= 11 is 5.82. The summed E-state index contributed by atoms with van der Waals surface area (Å²) in [4.78, 5) is 11.7. The zero-order chi connectivity index (χ0) is 17.4. The molecule has 2 amide bonds. The molecule has 24 heavy (non-hydrogen) atoms. The minimum atomic E-state index is -0.246. The van der Waals surface area contributed by atoms with Gasteiger partial charge in [-0.05, 0) is 42.3 Å². The molecule has 0 aliphatic carbocycles. The number of rotatable bonds is 7. The highest BCUT2D eigenvalue weighted by atomic mass is 35.5. The molecule has 2 rings (SSSR count). The molecule has 2 aromatic rings. The summed E-state index contributed by atoms with van der Waals surface area (Å²) in [5.41, 5.74) is 2.08. The fraction of sp³-hybridized carbons (Fsp3) is 0.278. The average Bonchev–Trinajstić information content (AvgIpc) is 2.59. The van der Waals surface area contributed by atoms with E-state index in [1.54, 1.807) is 19.2 Å².